The lowest BCUT2D eigenvalue weighted by atomic mass is 10.1. The molecule has 0 radical (unpaired) electrons. The van der Waals surface area contributed by atoms with E-state index < -0.39 is 0 Å². The van der Waals surface area contributed by atoms with Crippen molar-refractivity contribution in [2.75, 3.05) is 19.8 Å². The van der Waals surface area contributed by atoms with Gasteiger partial charge in [-0.15, -0.1) is 0 Å². The van der Waals surface area contributed by atoms with Gasteiger partial charge in [0.25, 0.3) is 0 Å². The Morgan fingerprint density at radius 1 is 1.40 bits per heavy atom. The zero-order valence-corrected chi connectivity index (χ0v) is 13.9. The second kappa shape index (κ2) is 9.94. The molecule has 0 aliphatic rings. The van der Waals surface area contributed by atoms with Gasteiger partial charge in [-0.2, -0.15) is 0 Å². The van der Waals surface area contributed by atoms with Crippen LogP contribution < -0.4 is 5.32 Å². The normalized spacial score (nSPS) is 10.8. The minimum atomic E-state index is 0.105. The third-order valence-electron chi connectivity index (χ3n) is 2.77. The fourth-order valence-corrected chi connectivity index (χ4v) is 2.21. The number of carbonyl (C=O) groups excluding carboxylic acids is 1. The number of carbonyl (C=O) groups is 1. The fourth-order valence-electron chi connectivity index (χ4n) is 1.76. The number of hydrogen-bond donors (Lipinski definition) is 1. The molecule has 0 saturated carbocycles. The monoisotopic (exact) mass is 341 g/mol. The Morgan fingerprint density at radius 3 is 2.90 bits per heavy atom. The molecule has 0 fully saturated rings. The van der Waals surface area contributed by atoms with Crippen LogP contribution in [0.2, 0.25) is 0 Å². The SMILES string of the molecule is CC(C)COCCCNC(=O)CCc1cccc(Br)c1. The molecule has 1 aromatic carbocycles. The topological polar surface area (TPSA) is 38.3 Å². The van der Waals surface area contributed by atoms with Crippen LogP contribution in [0.4, 0.5) is 0 Å². The molecule has 1 aromatic rings. The van der Waals surface area contributed by atoms with Crippen molar-refractivity contribution in [3.8, 4) is 0 Å². The lowest BCUT2D eigenvalue weighted by Crippen LogP contribution is -2.25. The van der Waals surface area contributed by atoms with E-state index in [9.17, 15) is 4.79 Å². The van der Waals surface area contributed by atoms with Gasteiger partial charge < -0.3 is 10.1 Å². The van der Waals surface area contributed by atoms with E-state index in [0.717, 1.165) is 23.9 Å². The summed E-state index contributed by atoms with van der Waals surface area (Å²) >= 11 is 3.43. The second-order valence-electron chi connectivity index (χ2n) is 5.30. The second-order valence-corrected chi connectivity index (χ2v) is 6.22. The molecule has 4 heteroatoms. The van der Waals surface area contributed by atoms with E-state index >= 15 is 0 Å². The first-order valence-electron chi connectivity index (χ1n) is 7.17. The molecule has 3 nitrogen and oxygen atoms in total. The maximum Gasteiger partial charge on any atom is 0.220 e. The smallest absolute Gasteiger partial charge is 0.220 e. The molecule has 0 saturated heterocycles. The average Bonchev–Trinajstić information content (AvgIpc) is 2.40. The lowest BCUT2D eigenvalue weighted by molar-refractivity contribution is -0.121. The van der Waals surface area contributed by atoms with Crippen LogP contribution in [0.1, 0.15) is 32.3 Å². The van der Waals surface area contributed by atoms with Crippen LogP contribution in [0.15, 0.2) is 28.7 Å². The summed E-state index contributed by atoms with van der Waals surface area (Å²) in [5, 5.41) is 2.92. The fraction of sp³-hybridized carbons (Fsp3) is 0.562. The van der Waals surface area contributed by atoms with Gasteiger partial charge in [0.05, 0.1) is 0 Å². The summed E-state index contributed by atoms with van der Waals surface area (Å²) in [5.74, 6) is 0.670. The van der Waals surface area contributed by atoms with Crippen LogP contribution >= 0.6 is 15.9 Å². The Balaban J connectivity index is 2.06. The largest absolute Gasteiger partial charge is 0.381 e. The molecular formula is C16H24BrNO2. The summed E-state index contributed by atoms with van der Waals surface area (Å²) in [6.45, 7) is 6.45. The van der Waals surface area contributed by atoms with Crippen LogP contribution in [0.25, 0.3) is 0 Å². The molecule has 0 aromatic heterocycles. The first kappa shape index (κ1) is 17.2. The molecule has 0 aliphatic heterocycles. The maximum atomic E-state index is 11.7. The highest BCUT2D eigenvalue weighted by Gasteiger charge is 2.02. The summed E-state index contributed by atoms with van der Waals surface area (Å²) in [7, 11) is 0. The van der Waals surface area contributed by atoms with Gasteiger partial charge in [-0.25, -0.2) is 0 Å². The molecule has 0 bridgehead atoms. The minimum absolute atomic E-state index is 0.105. The van der Waals surface area contributed by atoms with E-state index in [-0.39, 0.29) is 5.91 Å². The van der Waals surface area contributed by atoms with Gasteiger partial charge in [0, 0.05) is 30.7 Å². The van der Waals surface area contributed by atoms with Gasteiger partial charge in [-0.05, 0) is 36.5 Å². The van der Waals surface area contributed by atoms with Gasteiger partial charge in [-0.1, -0.05) is 41.9 Å². The number of halogens is 1. The molecular weight excluding hydrogens is 318 g/mol. The Morgan fingerprint density at radius 2 is 2.20 bits per heavy atom. The number of benzene rings is 1. The molecule has 0 unspecified atom stereocenters. The Kier molecular flexibility index (Phi) is 8.54. The average molecular weight is 342 g/mol. The number of rotatable bonds is 9. The summed E-state index contributed by atoms with van der Waals surface area (Å²) in [6, 6.07) is 8.06. The van der Waals surface area contributed by atoms with E-state index in [1.807, 2.05) is 24.3 Å². The highest BCUT2D eigenvalue weighted by Crippen LogP contribution is 2.12. The van der Waals surface area contributed by atoms with Crippen LogP contribution in [0.5, 0.6) is 0 Å². The summed E-state index contributed by atoms with van der Waals surface area (Å²) in [5.41, 5.74) is 1.18. The molecule has 1 rings (SSSR count). The molecule has 20 heavy (non-hydrogen) atoms. The number of hydrogen-bond acceptors (Lipinski definition) is 2. The first-order chi connectivity index (χ1) is 9.58. The predicted octanol–water partition coefficient (Wildman–Crippen LogP) is 3.56. The Labute approximate surface area is 130 Å². The van der Waals surface area contributed by atoms with Crippen molar-refractivity contribution in [3.05, 3.63) is 34.3 Å². The van der Waals surface area contributed by atoms with Gasteiger partial charge in [-0.3, -0.25) is 4.79 Å². The predicted molar refractivity (Wildman–Crippen MR) is 85.7 cm³/mol. The number of aryl methyl sites for hydroxylation is 1. The third-order valence-corrected chi connectivity index (χ3v) is 3.26. The van der Waals surface area contributed by atoms with Crippen molar-refractivity contribution >= 4 is 21.8 Å². The zero-order chi connectivity index (χ0) is 14.8. The van der Waals surface area contributed by atoms with Gasteiger partial charge in [0.1, 0.15) is 0 Å². The zero-order valence-electron chi connectivity index (χ0n) is 12.3. The van der Waals surface area contributed by atoms with Crippen molar-refractivity contribution < 1.29 is 9.53 Å². The Hall–Kier alpha value is -0.870. The highest BCUT2D eigenvalue weighted by molar-refractivity contribution is 9.10. The Bertz CT molecular complexity index is 407. The van der Waals surface area contributed by atoms with E-state index in [1.165, 1.54) is 5.56 Å². The van der Waals surface area contributed by atoms with Crippen molar-refractivity contribution in [1.29, 1.82) is 0 Å². The van der Waals surface area contributed by atoms with Crippen LogP contribution in [-0.4, -0.2) is 25.7 Å². The van der Waals surface area contributed by atoms with Gasteiger partial charge in [0.2, 0.25) is 5.91 Å². The molecule has 0 atom stereocenters. The number of ether oxygens (including phenoxy) is 1. The molecule has 1 N–H and O–H groups in total. The molecule has 0 aliphatic carbocycles. The highest BCUT2D eigenvalue weighted by atomic mass is 79.9. The third kappa shape index (κ3) is 8.33. The van der Waals surface area contributed by atoms with E-state index in [2.05, 4.69) is 35.1 Å². The summed E-state index contributed by atoms with van der Waals surface area (Å²) < 4.78 is 6.52. The minimum Gasteiger partial charge on any atom is -0.381 e. The summed E-state index contributed by atoms with van der Waals surface area (Å²) in [6.07, 6.45) is 2.17. The van der Waals surface area contributed by atoms with Crippen LogP contribution in [0, 0.1) is 5.92 Å². The van der Waals surface area contributed by atoms with E-state index in [1.54, 1.807) is 0 Å². The molecule has 0 spiro atoms. The first-order valence-corrected chi connectivity index (χ1v) is 7.96. The standard InChI is InChI=1S/C16H24BrNO2/c1-13(2)12-20-10-4-9-18-16(19)8-7-14-5-3-6-15(17)11-14/h3,5-6,11,13H,4,7-10,12H2,1-2H3,(H,18,19). The van der Waals surface area contributed by atoms with Crippen LogP contribution in [0.3, 0.4) is 0 Å². The maximum absolute atomic E-state index is 11.7. The number of amides is 1. The summed E-state index contributed by atoms with van der Waals surface area (Å²) in [4.78, 5) is 11.7. The van der Waals surface area contributed by atoms with E-state index in [4.69, 9.17) is 4.74 Å². The van der Waals surface area contributed by atoms with Crippen molar-refractivity contribution in [2.45, 2.75) is 33.1 Å². The van der Waals surface area contributed by atoms with Gasteiger partial charge in [0.15, 0.2) is 0 Å². The van der Waals surface area contributed by atoms with Crippen LogP contribution in [-0.2, 0) is 16.0 Å². The number of nitrogens with one attached hydrogen (secondary N) is 1. The van der Waals surface area contributed by atoms with Crippen molar-refractivity contribution in [2.24, 2.45) is 5.92 Å². The van der Waals surface area contributed by atoms with Gasteiger partial charge >= 0.3 is 0 Å². The quantitative estimate of drug-likeness (QED) is 0.697. The van der Waals surface area contributed by atoms with Crippen molar-refractivity contribution in [1.82, 2.24) is 5.32 Å². The molecule has 0 heterocycles. The molecule has 1 amide bonds. The lowest BCUT2D eigenvalue weighted by Gasteiger charge is -2.08. The molecule has 112 valence electrons. The van der Waals surface area contributed by atoms with Crippen molar-refractivity contribution in [3.63, 3.8) is 0 Å². The van der Waals surface area contributed by atoms with E-state index in [0.29, 0.717) is 25.5 Å².